The Bertz CT molecular complexity index is 702. The standard InChI is InChI=1S/C24H32OSi/c1-19(26(2,3)22-17-11-6-12-18-22)23(20-13-7-4-8-14-20)24(25)21-15-9-5-10-16-21/h4,6-8,11-14,17-18,21,23-25H,1,5,9-10,15-16H2,2-3H3/t23-,24+/m0/s1. The third-order valence-electron chi connectivity index (χ3n) is 6.31. The van der Waals surface area contributed by atoms with E-state index in [9.17, 15) is 5.11 Å². The van der Waals surface area contributed by atoms with E-state index in [1.54, 1.807) is 0 Å². The van der Waals surface area contributed by atoms with Crippen molar-refractivity contribution in [2.24, 2.45) is 5.92 Å². The van der Waals surface area contributed by atoms with E-state index in [1.165, 1.54) is 35.2 Å². The molecular formula is C24H32OSi. The number of aliphatic hydroxyl groups excluding tert-OH is 1. The predicted molar refractivity (Wildman–Crippen MR) is 114 cm³/mol. The molecule has 3 rings (SSSR count). The Kier molecular flexibility index (Phi) is 6.15. The highest BCUT2D eigenvalue weighted by molar-refractivity contribution is 6.95. The minimum Gasteiger partial charge on any atom is -0.392 e. The van der Waals surface area contributed by atoms with Crippen LogP contribution in [0, 0.1) is 5.92 Å². The van der Waals surface area contributed by atoms with Crippen molar-refractivity contribution in [3.63, 3.8) is 0 Å². The maximum absolute atomic E-state index is 11.4. The van der Waals surface area contributed by atoms with Crippen LogP contribution in [-0.4, -0.2) is 19.3 Å². The highest BCUT2D eigenvalue weighted by atomic mass is 28.3. The van der Waals surface area contributed by atoms with Crippen LogP contribution in [0.3, 0.4) is 0 Å². The van der Waals surface area contributed by atoms with Gasteiger partial charge in [-0.25, -0.2) is 0 Å². The lowest BCUT2D eigenvalue weighted by atomic mass is 9.78. The van der Waals surface area contributed by atoms with Gasteiger partial charge in [0.2, 0.25) is 0 Å². The van der Waals surface area contributed by atoms with E-state index < -0.39 is 8.07 Å². The first kappa shape index (κ1) is 19.1. The molecule has 0 unspecified atom stereocenters. The lowest BCUT2D eigenvalue weighted by Crippen LogP contribution is -2.47. The predicted octanol–water partition coefficient (Wildman–Crippen LogP) is 5.42. The van der Waals surface area contributed by atoms with Crippen LogP contribution in [0.4, 0.5) is 0 Å². The molecule has 0 bridgehead atoms. The van der Waals surface area contributed by atoms with Crippen LogP contribution in [0.25, 0.3) is 0 Å². The summed E-state index contributed by atoms with van der Waals surface area (Å²) in [5, 5.41) is 14.1. The van der Waals surface area contributed by atoms with Crippen molar-refractivity contribution in [1.29, 1.82) is 0 Å². The van der Waals surface area contributed by atoms with Gasteiger partial charge in [0.15, 0.2) is 0 Å². The normalized spacial score (nSPS) is 18.3. The molecule has 2 heteroatoms. The van der Waals surface area contributed by atoms with Crippen molar-refractivity contribution in [3.05, 3.63) is 78.0 Å². The highest BCUT2D eigenvalue weighted by Gasteiger charge is 2.38. The average Bonchev–Trinajstić information content (AvgIpc) is 2.70. The molecule has 1 N–H and O–H groups in total. The average molecular weight is 365 g/mol. The zero-order valence-electron chi connectivity index (χ0n) is 16.2. The second-order valence-corrected chi connectivity index (χ2v) is 12.8. The molecule has 1 saturated carbocycles. The van der Waals surface area contributed by atoms with Gasteiger partial charge in [-0.3, -0.25) is 0 Å². The third-order valence-corrected chi connectivity index (χ3v) is 10.00. The number of rotatable bonds is 6. The first-order valence-electron chi connectivity index (χ1n) is 9.99. The van der Waals surface area contributed by atoms with Crippen LogP contribution in [-0.2, 0) is 0 Å². The smallest absolute Gasteiger partial charge is 0.107 e. The number of benzene rings is 2. The lowest BCUT2D eigenvalue weighted by Gasteiger charge is -2.38. The second kappa shape index (κ2) is 8.37. The quantitative estimate of drug-likeness (QED) is 0.678. The van der Waals surface area contributed by atoms with Crippen molar-refractivity contribution < 1.29 is 5.11 Å². The first-order valence-corrected chi connectivity index (χ1v) is 13.0. The van der Waals surface area contributed by atoms with Gasteiger partial charge >= 0.3 is 0 Å². The SMILES string of the molecule is C=C([C@@H](c1ccccc1)[C@H](O)C1CCCCC1)[Si](C)(C)c1ccccc1. The molecular weight excluding hydrogens is 332 g/mol. The second-order valence-electron chi connectivity index (χ2n) is 8.29. The van der Waals surface area contributed by atoms with Gasteiger partial charge in [0.05, 0.1) is 6.10 Å². The van der Waals surface area contributed by atoms with Crippen LogP contribution >= 0.6 is 0 Å². The molecule has 0 amide bonds. The van der Waals surface area contributed by atoms with Crippen molar-refractivity contribution in [2.45, 2.75) is 57.2 Å². The van der Waals surface area contributed by atoms with Crippen molar-refractivity contribution in [3.8, 4) is 0 Å². The number of hydrogen-bond donors (Lipinski definition) is 1. The van der Waals surface area contributed by atoms with Crippen LogP contribution < -0.4 is 5.19 Å². The molecule has 1 aliphatic carbocycles. The summed E-state index contributed by atoms with van der Waals surface area (Å²) in [5.41, 5.74) is 1.21. The third kappa shape index (κ3) is 4.02. The monoisotopic (exact) mass is 364 g/mol. The summed E-state index contributed by atoms with van der Waals surface area (Å²) in [6.07, 6.45) is 5.76. The zero-order valence-corrected chi connectivity index (χ0v) is 17.2. The summed E-state index contributed by atoms with van der Waals surface area (Å²) in [6.45, 7) is 9.34. The molecule has 1 fully saturated rings. The molecule has 2 aromatic rings. The maximum Gasteiger partial charge on any atom is 0.107 e. The molecule has 0 radical (unpaired) electrons. The summed E-state index contributed by atoms with van der Waals surface area (Å²) in [5.74, 6) is 0.424. The van der Waals surface area contributed by atoms with E-state index in [0.29, 0.717) is 5.92 Å². The molecule has 2 atom stereocenters. The molecule has 0 aliphatic heterocycles. The molecule has 0 saturated heterocycles. The minimum atomic E-state index is -1.91. The van der Waals surface area contributed by atoms with Crippen LogP contribution in [0.15, 0.2) is 72.4 Å². The summed E-state index contributed by atoms with van der Waals surface area (Å²) in [4.78, 5) is 0. The summed E-state index contributed by atoms with van der Waals surface area (Å²) in [6, 6.07) is 21.3. The van der Waals surface area contributed by atoms with Crippen molar-refractivity contribution >= 4 is 13.3 Å². The molecule has 26 heavy (non-hydrogen) atoms. The Morgan fingerprint density at radius 2 is 1.46 bits per heavy atom. The zero-order chi connectivity index (χ0) is 18.6. The number of hydrogen-bond acceptors (Lipinski definition) is 1. The van der Waals surface area contributed by atoms with Gasteiger partial charge in [-0.1, -0.05) is 103 Å². The molecule has 0 heterocycles. The fourth-order valence-corrected chi connectivity index (χ4v) is 6.95. The Morgan fingerprint density at radius 1 is 0.923 bits per heavy atom. The fourth-order valence-electron chi connectivity index (χ4n) is 4.44. The summed E-state index contributed by atoms with van der Waals surface area (Å²) >= 11 is 0. The largest absolute Gasteiger partial charge is 0.392 e. The Labute approximate surface area is 159 Å². The summed E-state index contributed by atoms with van der Waals surface area (Å²) < 4.78 is 0. The Morgan fingerprint density at radius 3 is 2.04 bits per heavy atom. The molecule has 2 aromatic carbocycles. The first-order chi connectivity index (χ1) is 12.5. The number of aliphatic hydroxyl groups is 1. The van der Waals surface area contributed by atoms with Crippen LogP contribution in [0.5, 0.6) is 0 Å². The van der Waals surface area contributed by atoms with Gasteiger partial charge in [-0.15, -0.1) is 6.58 Å². The van der Waals surface area contributed by atoms with Gasteiger partial charge in [0.1, 0.15) is 8.07 Å². The van der Waals surface area contributed by atoms with Crippen molar-refractivity contribution in [2.75, 3.05) is 0 Å². The van der Waals surface area contributed by atoms with E-state index in [4.69, 9.17) is 0 Å². The van der Waals surface area contributed by atoms with Gasteiger partial charge in [0.25, 0.3) is 0 Å². The van der Waals surface area contributed by atoms with E-state index >= 15 is 0 Å². The molecule has 138 valence electrons. The Balaban J connectivity index is 1.96. The van der Waals surface area contributed by atoms with Gasteiger partial charge in [0, 0.05) is 5.92 Å². The van der Waals surface area contributed by atoms with E-state index in [1.807, 2.05) is 0 Å². The van der Waals surface area contributed by atoms with Gasteiger partial charge < -0.3 is 5.11 Å². The lowest BCUT2D eigenvalue weighted by molar-refractivity contribution is 0.0712. The van der Waals surface area contributed by atoms with Crippen LogP contribution in [0.2, 0.25) is 13.1 Å². The maximum atomic E-state index is 11.4. The van der Waals surface area contributed by atoms with E-state index in [-0.39, 0.29) is 12.0 Å². The van der Waals surface area contributed by atoms with E-state index in [2.05, 4.69) is 80.3 Å². The highest BCUT2D eigenvalue weighted by Crippen LogP contribution is 2.39. The molecule has 0 spiro atoms. The minimum absolute atomic E-state index is 0.0289. The van der Waals surface area contributed by atoms with Gasteiger partial charge in [-0.05, 0) is 24.3 Å². The Hall–Kier alpha value is -1.64. The van der Waals surface area contributed by atoms with Crippen molar-refractivity contribution in [1.82, 2.24) is 0 Å². The summed E-state index contributed by atoms with van der Waals surface area (Å²) in [7, 11) is -1.91. The molecule has 0 aromatic heterocycles. The fraction of sp³-hybridized carbons (Fsp3) is 0.417. The topological polar surface area (TPSA) is 20.2 Å². The van der Waals surface area contributed by atoms with E-state index in [0.717, 1.165) is 12.8 Å². The van der Waals surface area contributed by atoms with Gasteiger partial charge in [-0.2, -0.15) is 0 Å². The molecule has 1 aliphatic rings. The molecule has 1 nitrogen and oxygen atoms in total. The van der Waals surface area contributed by atoms with Crippen LogP contribution in [0.1, 0.15) is 43.6 Å².